The molecule has 2 aromatic carbocycles. The molecular formula is C18H13F6NO3. The van der Waals surface area contributed by atoms with E-state index in [9.17, 15) is 31.1 Å². The number of alkyl halides is 6. The van der Waals surface area contributed by atoms with Gasteiger partial charge in [-0.2, -0.15) is 22.0 Å². The van der Waals surface area contributed by atoms with Gasteiger partial charge in [0.1, 0.15) is 11.5 Å². The van der Waals surface area contributed by atoms with Gasteiger partial charge in [-0.05, 0) is 48.0 Å². The lowest BCUT2D eigenvalue weighted by Crippen LogP contribution is -2.45. The van der Waals surface area contributed by atoms with E-state index >= 15 is 0 Å². The highest BCUT2D eigenvalue weighted by atomic mass is 19.4. The number of amides is 1. The fourth-order valence-electron chi connectivity index (χ4n) is 1.95. The average molecular weight is 405 g/mol. The van der Waals surface area contributed by atoms with E-state index in [1.807, 2.05) is 0 Å². The van der Waals surface area contributed by atoms with Crippen molar-refractivity contribution in [2.75, 3.05) is 5.32 Å². The van der Waals surface area contributed by atoms with Crippen LogP contribution in [0.3, 0.4) is 0 Å². The second-order valence-electron chi connectivity index (χ2n) is 5.51. The molecule has 1 atom stereocenters. The van der Waals surface area contributed by atoms with Gasteiger partial charge < -0.3 is 15.2 Å². The molecule has 0 fully saturated rings. The number of halogens is 6. The van der Waals surface area contributed by atoms with Crippen LogP contribution in [0, 0.1) is 0 Å². The molecular weight excluding hydrogens is 392 g/mol. The van der Waals surface area contributed by atoms with Gasteiger partial charge in [0.15, 0.2) is 0 Å². The number of carbonyl (C=O) groups is 1. The Morgan fingerprint density at radius 2 is 1.57 bits per heavy atom. The number of rotatable bonds is 6. The van der Waals surface area contributed by atoms with E-state index in [2.05, 4.69) is 10.1 Å². The van der Waals surface area contributed by atoms with Crippen LogP contribution in [0.15, 0.2) is 54.6 Å². The summed E-state index contributed by atoms with van der Waals surface area (Å²) >= 11 is 0. The van der Waals surface area contributed by atoms with Crippen LogP contribution < -0.4 is 10.1 Å². The van der Waals surface area contributed by atoms with Gasteiger partial charge in [0.25, 0.3) is 6.17 Å². The first-order valence-electron chi connectivity index (χ1n) is 7.63. The van der Waals surface area contributed by atoms with Gasteiger partial charge in [-0.25, -0.2) is 4.39 Å². The van der Waals surface area contributed by atoms with Gasteiger partial charge >= 0.3 is 12.3 Å². The first-order valence-corrected chi connectivity index (χ1v) is 7.63. The molecule has 0 heterocycles. The largest absolute Gasteiger partial charge is 0.508 e. The van der Waals surface area contributed by atoms with Crippen molar-refractivity contribution in [1.29, 1.82) is 0 Å². The number of nitrogens with one attached hydrogen (secondary N) is 1. The maximum atomic E-state index is 13.2. The topological polar surface area (TPSA) is 58.6 Å². The number of anilines is 1. The van der Waals surface area contributed by atoms with Crippen molar-refractivity contribution in [1.82, 2.24) is 0 Å². The molecule has 150 valence electrons. The highest BCUT2D eigenvalue weighted by Crippen LogP contribution is 2.36. The van der Waals surface area contributed by atoms with Crippen LogP contribution in [-0.4, -0.2) is 29.5 Å². The van der Waals surface area contributed by atoms with Crippen molar-refractivity contribution >= 4 is 17.7 Å². The van der Waals surface area contributed by atoms with Crippen LogP contribution in [0.4, 0.5) is 32.0 Å². The van der Waals surface area contributed by atoms with Gasteiger partial charge in [-0.3, -0.25) is 4.79 Å². The fourth-order valence-corrected chi connectivity index (χ4v) is 1.95. The van der Waals surface area contributed by atoms with E-state index < -0.39 is 30.1 Å². The summed E-state index contributed by atoms with van der Waals surface area (Å²) in [5.41, 5.74) is 0.771. The summed E-state index contributed by atoms with van der Waals surface area (Å²) in [6.07, 6.45) is -12.9. The molecule has 0 radical (unpaired) electrons. The molecule has 10 heteroatoms. The van der Waals surface area contributed by atoms with E-state index in [-0.39, 0.29) is 5.75 Å². The molecule has 0 saturated carbocycles. The number of aromatic hydroxyl groups is 1. The predicted octanol–water partition coefficient (Wildman–Crippen LogP) is 4.92. The Kier molecular flexibility index (Phi) is 6.22. The molecule has 0 spiro atoms. The third-order valence-corrected chi connectivity index (χ3v) is 3.28. The Labute approximate surface area is 155 Å². The van der Waals surface area contributed by atoms with Gasteiger partial charge in [-0.15, -0.1) is 0 Å². The van der Waals surface area contributed by atoms with Crippen molar-refractivity contribution in [3.05, 3.63) is 60.2 Å². The smallest absolute Gasteiger partial charge is 0.439 e. The summed E-state index contributed by atoms with van der Waals surface area (Å²) < 4.78 is 79.2. The molecule has 0 bridgehead atoms. The van der Waals surface area contributed by atoms with Crippen molar-refractivity contribution in [3.63, 3.8) is 0 Å². The Hall–Kier alpha value is -3.17. The van der Waals surface area contributed by atoms with Gasteiger partial charge in [0.2, 0.25) is 5.91 Å². The molecule has 1 amide bonds. The number of hydrogen-bond acceptors (Lipinski definition) is 3. The maximum Gasteiger partial charge on any atom is 0.439 e. The van der Waals surface area contributed by atoms with Crippen molar-refractivity contribution in [2.45, 2.75) is 18.5 Å². The number of phenolic OH excluding ortho intramolecular Hbond substituents is 1. The summed E-state index contributed by atoms with van der Waals surface area (Å²) in [5.74, 6) is -1.18. The molecule has 0 aliphatic rings. The van der Waals surface area contributed by atoms with Crippen molar-refractivity contribution in [2.24, 2.45) is 0 Å². The van der Waals surface area contributed by atoms with Crippen molar-refractivity contribution in [3.8, 4) is 11.5 Å². The monoisotopic (exact) mass is 405 g/mol. The van der Waals surface area contributed by atoms with Gasteiger partial charge in [0, 0.05) is 11.8 Å². The Morgan fingerprint density at radius 1 is 1.00 bits per heavy atom. The SMILES string of the molecule is O=C(/C=C/c1ccc(OC(F)(F)C(F)C(F)(F)F)cc1)Nc1ccc(O)cc1. The molecule has 0 aromatic heterocycles. The van der Waals surface area contributed by atoms with Gasteiger partial charge in [0.05, 0.1) is 0 Å². The lowest BCUT2D eigenvalue weighted by Gasteiger charge is -2.23. The summed E-state index contributed by atoms with van der Waals surface area (Å²) in [4.78, 5) is 11.8. The zero-order chi connectivity index (χ0) is 20.9. The Balaban J connectivity index is 1.97. The Morgan fingerprint density at radius 3 is 2.11 bits per heavy atom. The first-order chi connectivity index (χ1) is 13.0. The summed E-state index contributed by atoms with van der Waals surface area (Å²) in [6.45, 7) is 0. The lowest BCUT2D eigenvalue weighted by atomic mass is 10.2. The minimum atomic E-state index is -5.77. The predicted molar refractivity (Wildman–Crippen MR) is 88.7 cm³/mol. The standard InChI is InChI=1S/C18H13F6NO3/c19-16(17(20,21)22)18(23,24)28-14-8-1-11(2-9-14)3-10-15(27)25-12-4-6-13(26)7-5-12/h1-10,16,26H,(H,25,27)/b10-3+. The zero-order valence-electron chi connectivity index (χ0n) is 13.9. The molecule has 0 aliphatic heterocycles. The maximum absolute atomic E-state index is 13.2. The number of ether oxygens (including phenoxy) is 1. The Bertz CT molecular complexity index is 832. The molecule has 2 N–H and O–H groups in total. The normalized spacial score (nSPS) is 13.4. The number of hydrogen-bond donors (Lipinski definition) is 2. The van der Waals surface area contributed by atoms with E-state index in [0.29, 0.717) is 11.3 Å². The number of carbonyl (C=O) groups excluding carboxylic acids is 1. The van der Waals surface area contributed by atoms with Crippen LogP contribution in [0.25, 0.3) is 6.08 Å². The van der Waals surface area contributed by atoms with E-state index in [0.717, 1.165) is 18.2 Å². The number of phenols is 1. The molecule has 0 saturated heterocycles. The highest BCUT2D eigenvalue weighted by molar-refractivity contribution is 6.01. The second-order valence-corrected chi connectivity index (χ2v) is 5.51. The molecule has 28 heavy (non-hydrogen) atoms. The molecule has 4 nitrogen and oxygen atoms in total. The zero-order valence-corrected chi connectivity index (χ0v) is 13.9. The molecule has 0 aliphatic carbocycles. The molecule has 1 unspecified atom stereocenters. The van der Waals surface area contributed by atoms with Crippen LogP contribution in [-0.2, 0) is 4.79 Å². The highest BCUT2D eigenvalue weighted by Gasteiger charge is 2.59. The lowest BCUT2D eigenvalue weighted by molar-refractivity contribution is -0.304. The van der Waals surface area contributed by atoms with Crippen molar-refractivity contribution < 1.29 is 41.0 Å². The molecule has 2 aromatic rings. The van der Waals surface area contributed by atoms with Crippen LogP contribution in [0.2, 0.25) is 0 Å². The van der Waals surface area contributed by atoms with Crippen LogP contribution in [0.5, 0.6) is 11.5 Å². The summed E-state index contributed by atoms with van der Waals surface area (Å²) in [5, 5.41) is 11.6. The second kappa shape index (κ2) is 8.24. The third-order valence-electron chi connectivity index (χ3n) is 3.28. The van der Waals surface area contributed by atoms with Crippen LogP contribution in [0.1, 0.15) is 5.56 Å². The first kappa shape index (κ1) is 21.1. The minimum absolute atomic E-state index is 0.0238. The fraction of sp³-hybridized carbons (Fsp3) is 0.167. The summed E-state index contributed by atoms with van der Waals surface area (Å²) in [6, 6.07) is 9.87. The quantitative estimate of drug-likeness (QED) is 0.408. The van der Waals surface area contributed by atoms with Crippen LogP contribution >= 0.6 is 0 Å². The van der Waals surface area contributed by atoms with E-state index in [1.54, 1.807) is 0 Å². The molecule has 2 rings (SSSR count). The van der Waals surface area contributed by atoms with E-state index in [1.165, 1.54) is 42.5 Å². The average Bonchev–Trinajstić information content (AvgIpc) is 2.61. The van der Waals surface area contributed by atoms with E-state index in [4.69, 9.17) is 5.11 Å². The third kappa shape index (κ3) is 5.93. The summed E-state index contributed by atoms with van der Waals surface area (Å²) in [7, 11) is 0. The number of benzene rings is 2. The minimum Gasteiger partial charge on any atom is -0.508 e. The van der Waals surface area contributed by atoms with Gasteiger partial charge in [-0.1, -0.05) is 12.1 Å².